The Morgan fingerprint density at radius 3 is 2.95 bits per heavy atom. The van der Waals surface area contributed by atoms with Crippen LogP contribution >= 0.6 is 23.3 Å². The van der Waals surface area contributed by atoms with Crippen molar-refractivity contribution in [1.29, 1.82) is 5.26 Å². The lowest BCUT2D eigenvalue weighted by molar-refractivity contribution is 0.971. The third-order valence-corrected chi connectivity index (χ3v) is 4.73. The van der Waals surface area contributed by atoms with Crippen LogP contribution in [0.4, 0.5) is 0 Å². The molecule has 98 valence electrons. The second-order valence-electron chi connectivity index (χ2n) is 4.06. The maximum Gasteiger partial charge on any atom is 0.174 e. The van der Waals surface area contributed by atoms with Crippen molar-refractivity contribution < 1.29 is 0 Å². The number of aromatic nitrogens is 3. The van der Waals surface area contributed by atoms with Crippen molar-refractivity contribution in [2.45, 2.75) is 22.6 Å². The van der Waals surface area contributed by atoms with E-state index in [2.05, 4.69) is 20.4 Å². The van der Waals surface area contributed by atoms with Gasteiger partial charge in [0.15, 0.2) is 4.34 Å². The Balaban J connectivity index is 2.11. The molecule has 0 bridgehead atoms. The summed E-state index contributed by atoms with van der Waals surface area (Å²) in [6.07, 6.45) is 2.44. The zero-order valence-corrected chi connectivity index (χ0v) is 12.3. The second-order valence-corrected chi connectivity index (χ2v) is 6.07. The average Bonchev–Trinajstić information content (AvgIpc) is 2.95. The first-order valence-corrected chi connectivity index (χ1v) is 7.69. The Labute approximate surface area is 124 Å². The van der Waals surface area contributed by atoms with Crippen LogP contribution in [0.15, 0.2) is 39.7 Å². The molecule has 0 fully saturated rings. The summed E-state index contributed by atoms with van der Waals surface area (Å²) in [5.74, 6) is 0.842. The van der Waals surface area contributed by atoms with Gasteiger partial charge in [0.2, 0.25) is 0 Å². The van der Waals surface area contributed by atoms with Gasteiger partial charge in [0.25, 0.3) is 0 Å². The van der Waals surface area contributed by atoms with E-state index in [1.54, 1.807) is 6.20 Å². The number of fused-ring (bicyclic) bond motifs is 1. The Kier molecular flexibility index (Phi) is 3.63. The standard InChI is InChI=1S/C14H10N4S2/c1-2-12-17-14(20-18-12)19-13-9(7-15)8-16-11-6-4-3-5-10(11)13/h3-6,8H,2H2,1H3. The molecular weight excluding hydrogens is 288 g/mol. The number of nitrogens with zero attached hydrogens (tertiary/aromatic N) is 4. The summed E-state index contributed by atoms with van der Waals surface area (Å²) in [7, 11) is 0. The molecule has 1 aromatic carbocycles. The van der Waals surface area contributed by atoms with Crippen LogP contribution in [0, 0.1) is 11.3 Å². The van der Waals surface area contributed by atoms with E-state index in [9.17, 15) is 5.26 Å². The molecule has 0 aliphatic heterocycles. The number of pyridine rings is 1. The van der Waals surface area contributed by atoms with Gasteiger partial charge < -0.3 is 0 Å². The maximum atomic E-state index is 9.27. The van der Waals surface area contributed by atoms with Gasteiger partial charge in [-0.3, -0.25) is 4.98 Å². The molecule has 2 heterocycles. The summed E-state index contributed by atoms with van der Waals surface area (Å²) in [5.41, 5.74) is 1.45. The van der Waals surface area contributed by atoms with Crippen LogP contribution in [0.5, 0.6) is 0 Å². The van der Waals surface area contributed by atoms with Gasteiger partial charge in [-0.2, -0.15) is 9.64 Å². The highest BCUT2D eigenvalue weighted by molar-refractivity contribution is 8.01. The molecule has 3 rings (SSSR count). The van der Waals surface area contributed by atoms with Crippen molar-refractivity contribution in [1.82, 2.24) is 14.3 Å². The minimum atomic E-state index is 0.571. The summed E-state index contributed by atoms with van der Waals surface area (Å²) in [5, 5.41) is 10.2. The normalized spacial score (nSPS) is 10.6. The fourth-order valence-corrected chi connectivity index (χ4v) is 3.64. The smallest absolute Gasteiger partial charge is 0.174 e. The first-order valence-electron chi connectivity index (χ1n) is 6.10. The lowest BCUT2D eigenvalue weighted by Gasteiger charge is -2.05. The zero-order chi connectivity index (χ0) is 13.9. The fraction of sp³-hybridized carbons (Fsp3) is 0.143. The predicted molar refractivity (Wildman–Crippen MR) is 79.9 cm³/mol. The Hall–Kier alpha value is -1.97. The first-order chi connectivity index (χ1) is 9.81. The fourth-order valence-electron chi connectivity index (χ4n) is 1.82. The molecule has 0 N–H and O–H groups in total. The largest absolute Gasteiger partial charge is 0.255 e. The molecule has 4 nitrogen and oxygen atoms in total. The molecule has 0 aliphatic carbocycles. The zero-order valence-electron chi connectivity index (χ0n) is 10.7. The van der Waals surface area contributed by atoms with Gasteiger partial charge in [-0.1, -0.05) is 36.9 Å². The number of para-hydroxylation sites is 1. The molecule has 0 atom stereocenters. The molecule has 6 heteroatoms. The van der Waals surface area contributed by atoms with Crippen molar-refractivity contribution in [3.05, 3.63) is 41.9 Å². The Morgan fingerprint density at radius 2 is 2.20 bits per heavy atom. The average molecular weight is 298 g/mol. The van der Waals surface area contributed by atoms with Crippen LogP contribution < -0.4 is 0 Å². The maximum absolute atomic E-state index is 9.27. The van der Waals surface area contributed by atoms with Crippen LogP contribution in [0.3, 0.4) is 0 Å². The van der Waals surface area contributed by atoms with Crippen molar-refractivity contribution in [2.24, 2.45) is 0 Å². The molecule has 0 unspecified atom stereocenters. The van der Waals surface area contributed by atoms with Crippen LogP contribution in [0.2, 0.25) is 0 Å². The van der Waals surface area contributed by atoms with Crippen molar-refractivity contribution in [2.75, 3.05) is 0 Å². The van der Waals surface area contributed by atoms with E-state index in [4.69, 9.17) is 0 Å². The van der Waals surface area contributed by atoms with Gasteiger partial charge in [-0.25, -0.2) is 4.98 Å². The molecule has 0 saturated carbocycles. The summed E-state index contributed by atoms with van der Waals surface area (Å²) in [6, 6.07) is 10.0. The molecule has 0 aliphatic rings. The quantitative estimate of drug-likeness (QED) is 0.738. The van der Waals surface area contributed by atoms with Crippen LogP contribution in [0.25, 0.3) is 10.9 Å². The molecule has 0 spiro atoms. The highest BCUT2D eigenvalue weighted by Gasteiger charge is 2.12. The topological polar surface area (TPSA) is 62.5 Å². The number of rotatable bonds is 3. The summed E-state index contributed by atoms with van der Waals surface area (Å²) in [4.78, 5) is 9.65. The van der Waals surface area contributed by atoms with Gasteiger partial charge in [-0.05, 0) is 17.6 Å². The number of hydrogen-bond acceptors (Lipinski definition) is 6. The van der Waals surface area contributed by atoms with E-state index in [0.717, 1.165) is 32.4 Å². The lowest BCUT2D eigenvalue weighted by Crippen LogP contribution is -1.88. The first kappa shape index (κ1) is 13.0. The molecule has 0 radical (unpaired) electrons. The monoisotopic (exact) mass is 298 g/mol. The van der Waals surface area contributed by atoms with Crippen LogP contribution in [0.1, 0.15) is 18.3 Å². The highest BCUT2D eigenvalue weighted by Crippen LogP contribution is 2.36. The minimum absolute atomic E-state index is 0.571. The number of hydrogen-bond donors (Lipinski definition) is 0. The number of nitriles is 1. The number of benzene rings is 1. The summed E-state index contributed by atoms with van der Waals surface area (Å²) >= 11 is 2.86. The molecule has 20 heavy (non-hydrogen) atoms. The molecule has 0 saturated heterocycles. The molecule has 2 aromatic heterocycles. The van der Waals surface area contributed by atoms with Gasteiger partial charge in [-0.15, -0.1) is 0 Å². The van der Waals surface area contributed by atoms with Crippen LogP contribution in [-0.4, -0.2) is 14.3 Å². The molecule has 0 amide bonds. The van der Waals surface area contributed by atoms with E-state index < -0.39 is 0 Å². The SMILES string of the molecule is CCc1nsc(Sc2c(C#N)cnc3ccccc23)n1. The van der Waals surface area contributed by atoms with Gasteiger partial charge in [0.1, 0.15) is 11.9 Å². The Bertz CT molecular complexity index is 804. The summed E-state index contributed by atoms with van der Waals surface area (Å²) in [6.45, 7) is 2.03. The minimum Gasteiger partial charge on any atom is -0.255 e. The van der Waals surface area contributed by atoms with Crippen molar-refractivity contribution in [3.63, 3.8) is 0 Å². The van der Waals surface area contributed by atoms with E-state index in [1.165, 1.54) is 23.3 Å². The van der Waals surface area contributed by atoms with E-state index in [-0.39, 0.29) is 0 Å². The van der Waals surface area contributed by atoms with Crippen molar-refractivity contribution in [3.8, 4) is 6.07 Å². The Morgan fingerprint density at radius 1 is 1.35 bits per heavy atom. The van der Waals surface area contributed by atoms with Gasteiger partial charge in [0, 0.05) is 22.9 Å². The number of aryl methyl sites for hydroxylation is 1. The van der Waals surface area contributed by atoms with Gasteiger partial charge >= 0.3 is 0 Å². The van der Waals surface area contributed by atoms with E-state index in [1.807, 2.05) is 31.2 Å². The lowest BCUT2D eigenvalue weighted by atomic mass is 10.2. The van der Waals surface area contributed by atoms with E-state index in [0.29, 0.717) is 5.56 Å². The van der Waals surface area contributed by atoms with Gasteiger partial charge in [0.05, 0.1) is 11.1 Å². The second kappa shape index (κ2) is 5.57. The third kappa shape index (κ3) is 2.38. The highest BCUT2D eigenvalue weighted by atomic mass is 32.2. The van der Waals surface area contributed by atoms with Crippen LogP contribution in [-0.2, 0) is 6.42 Å². The summed E-state index contributed by atoms with van der Waals surface area (Å²) < 4.78 is 5.13. The van der Waals surface area contributed by atoms with E-state index >= 15 is 0 Å². The predicted octanol–water partition coefficient (Wildman–Crippen LogP) is 3.67. The third-order valence-electron chi connectivity index (χ3n) is 2.80. The van der Waals surface area contributed by atoms with Crippen molar-refractivity contribution >= 4 is 34.2 Å². The molecule has 3 aromatic rings. The molecular formula is C14H10N4S2.